The number of amides is 1. The van der Waals surface area contributed by atoms with Crippen LogP contribution in [-0.4, -0.2) is 36.3 Å². The van der Waals surface area contributed by atoms with Crippen LogP contribution < -0.4 is 10.1 Å². The van der Waals surface area contributed by atoms with Crippen LogP contribution in [0.5, 0.6) is 5.75 Å². The third-order valence-corrected chi connectivity index (χ3v) is 4.47. The Balaban J connectivity index is 1.51. The highest BCUT2D eigenvalue weighted by Crippen LogP contribution is 2.32. The Morgan fingerprint density at radius 1 is 1.13 bits per heavy atom. The standard InChI is InChI=1S/C17H21NO5/c19-16(11-1-2-12(9-11)17(20)21)18-13-3-5-14(6-4-13)23-15-7-8-22-10-15/h3-6,11-12,15H,1-2,7-10H2,(H,18,19)(H,20,21)/t11-,12+,15?/m0/s1. The second-order valence-electron chi connectivity index (χ2n) is 6.16. The molecule has 1 aliphatic heterocycles. The molecule has 1 aliphatic carbocycles. The van der Waals surface area contributed by atoms with Gasteiger partial charge in [-0.05, 0) is 43.5 Å². The monoisotopic (exact) mass is 319 g/mol. The van der Waals surface area contributed by atoms with Gasteiger partial charge in [0, 0.05) is 18.0 Å². The maximum atomic E-state index is 12.2. The summed E-state index contributed by atoms with van der Waals surface area (Å²) in [5, 5.41) is 11.8. The van der Waals surface area contributed by atoms with E-state index in [0.717, 1.165) is 18.8 Å². The Labute approximate surface area is 134 Å². The van der Waals surface area contributed by atoms with Crippen molar-refractivity contribution in [2.24, 2.45) is 11.8 Å². The Kier molecular flexibility index (Phi) is 4.81. The average molecular weight is 319 g/mol. The molecule has 2 N–H and O–H groups in total. The Morgan fingerprint density at radius 2 is 1.87 bits per heavy atom. The first-order chi connectivity index (χ1) is 11.1. The molecule has 23 heavy (non-hydrogen) atoms. The van der Waals surface area contributed by atoms with Gasteiger partial charge in [-0.25, -0.2) is 0 Å². The molecule has 1 saturated heterocycles. The second kappa shape index (κ2) is 7.00. The highest BCUT2D eigenvalue weighted by atomic mass is 16.5. The third kappa shape index (κ3) is 4.01. The average Bonchev–Trinajstić information content (AvgIpc) is 3.20. The predicted octanol–water partition coefficient (Wildman–Crippen LogP) is 2.29. The SMILES string of the molecule is O=C(O)[C@@H]1CC[C@H](C(=O)Nc2ccc(OC3CCOC3)cc2)C1. The molecule has 1 aromatic rings. The molecule has 2 fully saturated rings. The molecule has 1 aromatic carbocycles. The van der Waals surface area contributed by atoms with E-state index in [9.17, 15) is 9.59 Å². The first-order valence-corrected chi connectivity index (χ1v) is 8.00. The minimum atomic E-state index is -0.808. The number of nitrogens with one attached hydrogen (secondary N) is 1. The molecule has 0 radical (unpaired) electrons. The molecule has 1 heterocycles. The molecule has 3 atom stereocenters. The number of hydrogen-bond acceptors (Lipinski definition) is 4. The number of carboxylic acids is 1. The number of rotatable bonds is 5. The fraction of sp³-hybridized carbons (Fsp3) is 0.529. The van der Waals surface area contributed by atoms with E-state index in [1.165, 1.54) is 0 Å². The van der Waals surface area contributed by atoms with Gasteiger partial charge in [0.15, 0.2) is 0 Å². The van der Waals surface area contributed by atoms with E-state index in [2.05, 4.69) is 5.32 Å². The van der Waals surface area contributed by atoms with Gasteiger partial charge in [-0.15, -0.1) is 0 Å². The van der Waals surface area contributed by atoms with Crippen molar-refractivity contribution in [3.8, 4) is 5.75 Å². The number of hydrogen-bond donors (Lipinski definition) is 2. The number of benzene rings is 1. The number of carbonyl (C=O) groups is 2. The highest BCUT2D eigenvalue weighted by Gasteiger charge is 2.33. The lowest BCUT2D eigenvalue weighted by atomic mass is 10.0. The van der Waals surface area contributed by atoms with Gasteiger partial charge in [0.05, 0.1) is 19.1 Å². The molecule has 6 nitrogen and oxygen atoms in total. The first-order valence-electron chi connectivity index (χ1n) is 8.00. The van der Waals surface area contributed by atoms with Crippen molar-refractivity contribution in [2.45, 2.75) is 31.8 Å². The zero-order valence-corrected chi connectivity index (χ0v) is 12.9. The summed E-state index contributed by atoms with van der Waals surface area (Å²) in [5.41, 5.74) is 0.698. The molecule has 0 bridgehead atoms. The van der Waals surface area contributed by atoms with Crippen LogP contribution in [0.2, 0.25) is 0 Å². The summed E-state index contributed by atoms with van der Waals surface area (Å²) in [6, 6.07) is 7.24. The quantitative estimate of drug-likeness (QED) is 0.870. The molecule has 2 aliphatic rings. The van der Waals surface area contributed by atoms with Crippen molar-refractivity contribution in [3.63, 3.8) is 0 Å². The van der Waals surface area contributed by atoms with E-state index in [-0.39, 0.29) is 17.9 Å². The zero-order chi connectivity index (χ0) is 16.2. The first kappa shape index (κ1) is 15.8. The summed E-state index contributed by atoms with van der Waals surface area (Å²) in [6.07, 6.45) is 2.62. The van der Waals surface area contributed by atoms with Crippen LogP contribution in [0.25, 0.3) is 0 Å². The van der Waals surface area contributed by atoms with Crippen LogP contribution in [-0.2, 0) is 14.3 Å². The van der Waals surface area contributed by atoms with Crippen LogP contribution in [0, 0.1) is 11.8 Å². The maximum Gasteiger partial charge on any atom is 0.306 e. The van der Waals surface area contributed by atoms with E-state index in [4.69, 9.17) is 14.6 Å². The fourth-order valence-electron chi connectivity index (χ4n) is 3.10. The fourth-order valence-corrected chi connectivity index (χ4v) is 3.10. The lowest BCUT2D eigenvalue weighted by Gasteiger charge is -2.13. The Hall–Kier alpha value is -2.08. The highest BCUT2D eigenvalue weighted by molar-refractivity contribution is 5.93. The van der Waals surface area contributed by atoms with Crippen molar-refractivity contribution >= 4 is 17.6 Å². The molecule has 3 rings (SSSR count). The second-order valence-corrected chi connectivity index (χ2v) is 6.16. The van der Waals surface area contributed by atoms with E-state index in [1.807, 2.05) is 12.1 Å². The molecule has 124 valence electrons. The van der Waals surface area contributed by atoms with Gasteiger partial charge in [-0.2, -0.15) is 0 Å². The molecule has 0 aromatic heterocycles. The Bertz CT molecular complexity index is 565. The summed E-state index contributed by atoms with van der Waals surface area (Å²) >= 11 is 0. The zero-order valence-electron chi connectivity index (χ0n) is 12.9. The van der Waals surface area contributed by atoms with Gasteiger partial charge >= 0.3 is 5.97 Å². The van der Waals surface area contributed by atoms with Gasteiger partial charge in [0.1, 0.15) is 11.9 Å². The van der Waals surface area contributed by atoms with Crippen molar-refractivity contribution < 1.29 is 24.2 Å². The summed E-state index contributed by atoms with van der Waals surface area (Å²) in [6.45, 7) is 1.35. The summed E-state index contributed by atoms with van der Waals surface area (Å²) in [4.78, 5) is 23.1. The smallest absolute Gasteiger partial charge is 0.306 e. The largest absolute Gasteiger partial charge is 0.488 e. The predicted molar refractivity (Wildman–Crippen MR) is 83.4 cm³/mol. The normalized spacial score (nSPS) is 26.9. The van der Waals surface area contributed by atoms with Gasteiger partial charge in [-0.1, -0.05) is 0 Å². The van der Waals surface area contributed by atoms with Crippen LogP contribution in [0.1, 0.15) is 25.7 Å². The number of aliphatic carboxylic acids is 1. The van der Waals surface area contributed by atoms with Crippen molar-refractivity contribution in [1.82, 2.24) is 0 Å². The van der Waals surface area contributed by atoms with Crippen LogP contribution >= 0.6 is 0 Å². The lowest BCUT2D eigenvalue weighted by Crippen LogP contribution is -2.21. The van der Waals surface area contributed by atoms with Crippen molar-refractivity contribution in [2.75, 3.05) is 18.5 Å². The minimum absolute atomic E-state index is 0.0990. The van der Waals surface area contributed by atoms with E-state index in [0.29, 0.717) is 31.6 Å². The van der Waals surface area contributed by atoms with Gasteiger partial charge < -0.3 is 19.9 Å². The molecule has 1 unspecified atom stereocenters. The third-order valence-electron chi connectivity index (χ3n) is 4.47. The van der Waals surface area contributed by atoms with Gasteiger partial charge in [0.25, 0.3) is 0 Å². The molecule has 0 spiro atoms. The topological polar surface area (TPSA) is 84.9 Å². The van der Waals surface area contributed by atoms with Crippen LogP contribution in [0.3, 0.4) is 0 Å². The number of ether oxygens (including phenoxy) is 2. The summed E-state index contributed by atoms with van der Waals surface area (Å²) in [7, 11) is 0. The van der Waals surface area contributed by atoms with Crippen LogP contribution in [0.15, 0.2) is 24.3 Å². The van der Waals surface area contributed by atoms with Gasteiger partial charge in [-0.3, -0.25) is 9.59 Å². The molecular formula is C17H21NO5. The van der Waals surface area contributed by atoms with Crippen molar-refractivity contribution in [1.29, 1.82) is 0 Å². The lowest BCUT2D eigenvalue weighted by molar-refractivity contribution is -0.141. The molecule has 6 heteroatoms. The summed E-state index contributed by atoms with van der Waals surface area (Å²) in [5.74, 6) is -0.771. The van der Waals surface area contributed by atoms with E-state index in [1.54, 1.807) is 12.1 Å². The van der Waals surface area contributed by atoms with Crippen molar-refractivity contribution in [3.05, 3.63) is 24.3 Å². The number of carbonyl (C=O) groups excluding carboxylic acids is 1. The molecular weight excluding hydrogens is 298 g/mol. The minimum Gasteiger partial charge on any atom is -0.488 e. The summed E-state index contributed by atoms with van der Waals surface area (Å²) < 4.78 is 11.0. The number of anilines is 1. The molecule has 1 saturated carbocycles. The van der Waals surface area contributed by atoms with Gasteiger partial charge in [0.2, 0.25) is 5.91 Å². The van der Waals surface area contributed by atoms with E-state index < -0.39 is 11.9 Å². The maximum absolute atomic E-state index is 12.2. The van der Waals surface area contributed by atoms with E-state index >= 15 is 0 Å². The Morgan fingerprint density at radius 3 is 2.48 bits per heavy atom. The number of carboxylic acid groups (broad SMARTS) is 1. The molecule has 1 amide bonds. The van der Waals surface area contributed by atoms with Crippen LogP contribution in [0.4, 0.5) is 5.69 Å².